The Morgan fingerprint density at radius 2 is 2.09 bits per heavy atom. The van der Waals surface area contributed by atoms with Crippen molar-refractivity contribution in [3.05, 3.63) is 5.92 Å². The molecule has 0 N–H and O–H groups in total. The molecular weight excluding hydrogens is 202 g/mol. The number of halogens is 1. The molecule has 1 saturated heterocycles. The third-order valence-electron chi connectivity index (χ3n) is 2.09. The van der Waals surface area contributed by atoms with Crippen LogP contribution in [0.2, 0.25) is 0 Å². The van der Waals surface area contributed by atoms with Crippen LogP contribution in [0.1, 0.15) is 20.3 Å². The highest BCUT2D eigenvalue weighted by Gasteiger charge is 2.25. The number of hydrogen-bond donors (Lipinski definition) is 0. The molecule has 0 atom stereocenters. The van der Waals surface area contributed by atoms with E-state index in [1.165, 1.54) is 37.3 Å². The van der Waals surface area contributed by atoms with Crippen LogP contribution in [0.4, 0.5) is 0 Å². The molecule has 0 saturated carbocycles. The number of rotatable bonds is 4. The van der Waals surface area contributed by atoms with Gasteiger partial charge in [-0.1, -0.05) is 29.8 Å². The highest BCUT2D eigenvalue weighted by Crippen LogP contribution is 2.20. The van der Waals surface area contributed by atoms with Gasteiger partial charge in [0.05, 0.1) is 0 Å². The number of likely N-dealkylation sites (tertiary alicyclic amines) is 1. The van der Waals surface area contributed by atoms with Crippen molar-refractivity contribution < 1.29 is 0 Å². The lowest BCUT2D eigenvalue weighted by molar-refractivity contribution is 0.105. The lowest BCUT2D eigenvalue weighted by atomic mass is 9.96. The van der Waals surface area contributed by atoms with Gasteiger partial charge in [-0.3, -0.25) is 0 Å². The zero-order chi connectivity index (χ0) is 8.27. The van der Waals surface area contributed by atoms with Crippen molar-refractivity contribution in [2.45, 2.75) is 20.3 Å². The molecular formula is C9H17BrN. The SMILES string of the molecule is C[C](C)CN1CC(CCBr)C1. The molecule has 0 unspecified atom stereocenters. The Bertz CT molecular complexity index is 108. The second kappa shape index (κ2) is 4.46. The molecule has 0 aliphatic carbocycles. The van der Waals surface area contributed by atoms with Gasteiger partial charge in [0.1, 0.15) is 0 Å². The maximum Gasteiger partial charge on any atom is 0.00385 e. The van der Waals surface area contributed by atoms with Crippen molar-refractivity contribution in [2.24, 2.45) is 5.92 Å². The second-order valence-corrected chi connectivity index (χ2v) is 4.54. The molecule has 1 heterocycles. The highest BCUT2D eigenvalue weighted by atomic mass is 79.9. The van der Waals surface area contributed by atoms with Crippen LogP contribution >= 0.6 is 15.9 Å². The predicted molar refractivity (Wildman–Crippen MR) is 52.9 cm³/mol. The molecule has 0 amide bonds. The maximum absolute atomic E-state index is 3.47. The predicted octanol–water partition coefficient (Wildman–Crippen LogP) is 2.32. The summed E-state index contributed by atoms with van der Waals surface area (Å²) in [6, 6.07) is 0. The third-order valence-corrected chi connectivity index (χ3v) is 2.55. The van der Waals surface area contributed by atoms with Crippen LogP contribution in [-0.4, -0.2) is 29.9 Å². The smallest absolute Gasteiger partial charge is 0.00385 e. The average molecular weight is 219 g/mol. The van der Waals surface area contributed by atoms with E-state index in [4.69, 9.17) is 0 Å². The lowest BCUT2D eigenvalue weighted by Gasteiger charge is -2.40. The molecule has 0 bridgehead atoms. The van der Waals surface area contributed by atoms with Crippen LogP contribution in [0.15, 0.2) is 0 Å². The van der Waals surface area contributed by atoms with E-state index in [0.717, 1.165) is 5.92 Å². The normalized spacial score (nSPS) is 20.7. The van der Waals surface area contributed by atoms with E-state index in [1.54, 1.807) is 0 Å². The van der Waals surface area contributed by atoms with Gasteiger partial charge in [-0.05, 0) is 18.3 Å². The first-order valence-corrected chi connectivity index (χ1v) is 5.42. The summed E-state index contributed by atoms with van der Waals surface area (Å²) in [4.78, 5) is 2.52. The fourth-order valence-electron chi connectivity index (χ4n) is 1.59. The summed E-state index contributed by atoms with van der Waals surface area (Å²) in [5, 5.41) is 1.17. The van der Waals surface area contributed by atoms with Gasteiger partial charge in [0.2, 0.25) is 0 Å². The van der Waals surface area contributed by atoms with E-state index in [0.29, 0.717) is 0 Å². The first-order valence-electron chi connectivity index (χ1n) is 4.29. The van der Waals surface area contributed by atoms with E-state index < -0.39 is 0 Å². The van der Waals surface area contributed by atoms with Gasteiger partial charge >= 0.3 is 0 Å². The van der Waals surface area contributed by atoms with Crippen molar-refractivity contribution in [1.29, 1.82) is 0 Å². The first-order chi connectivity index (χ1) is 5.22. The van der Waals surface area contributed by atoms with Crippen LogP contribution in [0.5, 0.6) is 0 Å². The first kappa shape index (κ1) is 9.53. The van der Waals surface area contributed by atoms with Gasteiger partial charge < -0.3 is 4.90 Å². The summed E-state index contributed by atoms with van der Waals surface area (Å²) >= 11 is 3.47. The Labute approximate surface area is 78.3 Å². The van der Waals surface area contributed by atoms with Crippen molar-refractivity contribution in [3.8, 4) is 0 Å². The minimum Gasteiger partial charge on any atom is -0.302 e. The Morgan fingerprint density at radius 1 is 1.45 bits per heavy atom. The van der Waals surface area contributed by atoms with Crippen LogP contribution in [0.25, 0.3) is 0 Å². The van der Waals surface area contributed by atoms with E-state index in [-0.39, 0.29) is 0 Å². The third kappa shape index (κ3) is 3.12. The maximum atomic E-state index is 3.47. The van der Waals surface area contributed by atoms with Gasteiger partial charge in [-0.15, -0.1) is 0 Å². The zero-order valence-corrected chi connectivity index (χ0v) is 9.02. The van der Waals surface area contributed by atoms with Crippen molar-refractivity contribution in [1.82, 2.24) is 4.90 Å². The number of hydrogen-bond acceptors (Lipinski definition) is 1. The standard InChI is InChI=1S/C9H17BrN/c1-8(2)5-11-6-9(7-11)3-4-10/h9H,3-7H2,1-2H3. The minimum atomic E-state index is 0.966. The molecule has 1 nitrogen and oxygen atoms in total. The number of alkyl halides is 1. The minimum absolute atomic E-state index is 0.966. The molecule has 0 spiro atoms. The largest absolute Gasteiger partial charge is 0.302 e. The van der Waals surface area contributed by atoms with Crippen molar-refractivity contribution >= 4 is 15.9 Å². The van der Waals surface area contributed by atoms with Gasteiger partial charge in [-0.25, -0.2) is 0 Å². The monoisotopic (exact) mass is 218 g/mol. The Kier molecular flexibility index (Phi) is 3.86. The molecule has 1 aliphatic rings. The Morgan fingerprint density at radius 3 is 2.55 bits per heavy atom. The van der Waals surface area contributed by atoms with E-state index in [9.17, 15) is 0 Å². The van der Waals surface area contributed by atoms with E-state index in [2.05, 4.69) is 34.7 Å². The number of nitrogens with zero attached hydrogens (tertiary/aromatic N) is 1. The van der Waals surface area contributed by atoms with Crippen LogP contribution in [-0.2, 0) is 0 Å². The topological polar surface area (TPSA) is 3.24 Å². The molecule has 1 rings (SSSR count). The highest BCUT2D eigenvalue weighted by molar-refractivity contribution is 9.09. The summed E-state index contributed by atoms with van der Waals surface area (Å²) in [6.45, 7) is 8.25. The van der Waals surface area contributed by atoms with Crippen LogP contribution < -0.4 is 0 Å². The molecule has 65 valence electrons. The fourth-order valence-corrected chi connectivity index (χ4v) is 2.24. The molecule has 2 heteroatoms. The zero-order valence-electron chi connectivity index (χ0n) is 7.44. The molecule has 1 fully saturated rings. The molecule has 0 aromatic carbocycles. The lowest BCUT2D eigenvalue weighted by Crippen LogP contribution is -2.47. The van der Waals surface area contributed by atoms with E-state index >= 15 is 0 Å². The summed E-state index contributed by atoms with van der Waals surface area (Å²) in [7, 11) is 0. The Balaban J connectivity index is 2.00. The van der Waals surface area contributed by atoms with Crippen molar-refractivity contribution in [3.63, 3.8) is 0 Å². The summed E-state index contributed by atoms with van der Waals surface area (Å²) in [6.07, 6.45) is 1.35. The van der Waals surface area contributed by atoms with E-state index in [1.807, 2.05) is 0 Å². The fraction of sp³-hybridized carbons (Fsp3) is 0.889. The van der Waals surface area contributed by atoms with Crippen LogP contribution in [0, 0.1) is 11.8 Å². The molecule has 0 aromatic heterocycles. The second-order valence-electron chi connectivity index (χ2n) is 3.74. The average Bonchev–Trinajstić information content (AvgIpc) is 1.82. The Hall–Kier alpha value is 0.440. The summed E-state index contributed by atoms with van der Waals surface area (Å²) in [5.41, 5.74) is 0. The van der Waals surface area contributed by atoms with Crippen molar-refractivity contribution in [2.75, 3.05) is 25.0 Å². The molecule has 1 radical (unpaired) electrons. The molecule has 11 heavy (non-hydrogen) atoms. The molecule has 1 aliphatic heterocycles. The van der Waals surface area contributed by atoms with Gasteiger partial charge in [-0.2, -0.15) is 0 Å². The van der Waals surface area contributed by atoms with Gasteiger partial charge in [0.25, 0.3) is 0 Å². The quantitative estimate of drug-likeness (QED) is 0.656. The van der Waals surface area contributed by atoms with Gasteiger partial charge in [0.15, 0.2) is 0 Å². The van der Waals surface area contributed by atoms with Gasteiger partial charge in [0, 0.05) is 25.0 Å². The summed E-state index contributed by atoms with van der Waals surface area (Å²) in [5.74, 6) is 2.50. The summed E-state index contributed by atoms with van der Waals surface area (Å²) < 4.78 is 0. The van der Waals surface area contributed by atoms with Crippen LogP contribution in [0.3, 0.4) is 0 Å². The molecule has 0 aromatic rings.